The Labute approximate surface area is 152 Å². The molecule has 6 nitrogen and oxygen atoms in total. The lowest BCUT2D eigenvalue weighted by molar-refractivity contribution is -0.117. The number of guanidine groups is 1. The maximum Gasteiger partial charge on any atom is 0.227 e. The van der Waals surface area contributed by atoms with Gasteiger partial charge in [0.05, 0.1) is 6.54 Å². The minimum absolute atomic E-state index is 0.216. The summed E-state index contributed by atoms with van der Waals surface area (Å²) in [6.45, 7) is 4.20. The van der Waals surface area contributed by atoms with Gasteiger partial charge >= 0.3 is 0 Å². The zero-order chi connectivity index (χ0) is 17.6. The third kappa shape index (κ3) is 4.57. The summed E-state index contributed by atoms with van der Waals surface area (Å²) in [6, 6.07) is 8.11. The molecule has 2 N–H and O–H groups in total. The van der Waals surface area contributed by atoms with E-state index in [1.165, 1.54) is 4.88 Å². The molecule has 1 aliphatic heterocycles. The SMILES string of the molecule is CN=C(NCc1ccc(N2CCCC2=O)cc1)NCc1ncc(C)s1. The van der Waals surface area contributed by atoms with Crippen LogP contribution in [0.5, 0.6) is 0 Å². The number of nitrogens with one attached hydrogen (secondary N) is 2. The molecular weight excluding hydrogens is 334 g/mol. The number of carbonyl (C=O) groups excluding carboxylic acids is 1. The number of hydrogen-bond donors (Lipinski definition) is 2. The second-order valence-electron chi connectivity index (χ2n) is 5.96. The highest BCUT2D eigenvalue weighted by Crippen LogP contribution is 2.21. The normalized spacial score (nSPS) is 14.9. The second-order valence-corrected chi connectivity index (χ2v) is 7.28. The molecule has 0 atom stereocenters. The molecule has 7 heteroatoms. The summed E-state index contributed by atoms with van der Waals surface area (Å²) in [5.41, 5.74) is 2.12. The predicted molar refractivity (Wildman–Crippen MR) is 102 cm³/mol. The molecule has 132 valence electrons. The van der Waals surface area contributed by atoms with E-state index in [1.54, 1.807) is 18.4 Å². The van der Waals surface area contributed by atoms with Crippen LogP contribution in [0.25, 0.3) is 0 Å². The van der Waals surface area contributed by atoms with Gasteiger partial charge in [-0.3, -0.25) is 9.79 Å². The van der Waals surface area contributed by atoms with E-state index in [0.717, 1.165) is 35.2 Å². The van der Waals surface area contributed by atoms with Crippen LogP contribution in [0.1, 0.15) is 28.3 Å². The van der Waals surface area contributed by atoms with Crippen molar-refractivity contribution in [3.8, 4) is 0 Å². The molecule has 1 saturated heterocycles. The van der Waals surface area contributed by atoms with Crippen molar-refractivity contribution in [1.82, 2.24) is 15.6 Å². The monoisotopic (exact) mass is 357 g/mol. The van der Waals surface area contributed by atoms with Crippen LogP contribution in [0.2, 0.25) is 0 Å². The van der Waals surface area contributed by atoms with Crippen LogP contribution in [-0.2, 0) is 17.9 Å². The number of amides is 1. The van der Waals surface area contributed by atoms with Crippen molar-refractivity contribution in [2.75, 3.05) is 18.5 Å². The van der Waals surface area contributed by atoms with E-state index in [4.69, 9.17) is 0 Å². The summed E-state index contributed by atoms with van der Waals surface area (Å²) >= 11 is 1.68. The van der Waals surface area contributed by atoms with Crippen molar-refractivity contribution in [3.05, 3.63) is 45.9 Å². The quantitative estimate of drug-likeness (QED) is 0.637. The number of aromatic nitrogens is 1. The number of benzene rings is 1. The average molecular weight is 357 g/mol. The van der Waals surface area contributed by atoms with Crippen LogP contribution in [-0.4, -0.2) is 30.4 Å². The number of aliphatic imine (C=N–C) groups is 1. The number of nitrogens with zero attached hydrogens (tertiary/aromatic N) is 3. The van der Waals surface area contributed by atoms with Gasteiger partial charge in [-0.1, -0.05) is 12.1 Å². The molecular formula is C18H23N5OS. The van der Waals surface area contributed by atoms with Crippen molar-refractivity contribution in [1.29, 1.82) is 0 Å². The van der Waals surface area contributed by atoms with Crippen molar-refractivity contribution in [2.24, 2.45) is 4.99 Å². The first kappa shape index (κ1) is 17.4. The molecule has 0 saturated carbocycles. The third-order valence-electron chi connectivity index (χ3n) is 4.08. The fourth-order valence-corrected chi connectivity index (χ4v) is 3.49. The van der Waals surface area contributed by atoms with Gasteiger partial charge in [-0.15, -0.1) is 11.3 Å². The van der Waals surface area contributed by atoms with Gasteiger partial charge in [0.2, 0.25) is 5.91 Å². The van der Waals surface area contributed by atoms with E-state index in [-0.39, 0.29) is 5.91 Å². The van der Waals surface area contributed by atoms with Crippen LogP contribution in [0.4, 0.5) is 5.69 Å². The summed E-state index contributed by atoms with van der Waals surface area (Å²) in [5.74, 6) is 0.958. The van der Waals surface area contributed by atoms with E-state index >= 15 is 0 Å². The zero-order valence-electron chi connectivity index (χ0n) is 14.6. The molecule has 25 heavy (non-hydrogen) atoms. The Bertz CT molecular complexity index is 753. The van der Waals surface area contributed by atoms with Gasteiger partial charge in [0.15, 0.2) is 5.96 Å². The molecule has 0 spiro atoms. The molecule has 0 bridgehead atoms. The Morgan fingerprint density at radius 2 is 2.04 bits per heavy atom. The molecule has 1 aliphatic rings. The van der Waals surface area contributed by atoms with Gasteiger partial charge in [-0.25, -0.2) is 4.98 Å². The molecule has 1 amide bonds. The molecule has 2 aromatic rings. The van der Waals surface area contributed by atoms with Crippen LogP contribution >= 0.6 is 11.3 Å². The van der Waals surface area contributed by atoms with Gasteiger partial charge in [0, 0.05) is 43.3 Å². The van der Waals surface area contributed by atoms with Crippen molar-refractivity contribution < 1.29 is 4.79 Å². The second kappa shape index (κ2) is 8.11. The molecule has 1 aromatic heterocycles. The molecule has 3 rings (SSSR count). The summed E-state index contributed by atoms with van der Waals surface area (Å²) in [7, 11) is 1.75. The first-order valence-electron chi connectivity index (χ1n) is 8.41. The molecule has 0 unspecified atom stereocenters. The van der Waals surface area contributed by atoms with Crippen LogP contribution < -0.4 is 15.5 Å². The molecule has 1 fully saturated rings. The van der Waals surface area contributed by atoms with E-state index in [2.05, 4.69) is 20.6 Å². The zero-order valence-corrected chi connectivity index (χ0v) is 15.4. The average Bonchev–Trinajstić information content (AvgIpc) is 3.24. The number of anilines is 1. The number of thiazole rings is 1. The van der Waals surface area contributed by atoms with Crippen LogP contribution in [0, 0.1) is 6.92 Å². The third-order valence-corrected chi connectivity index (χ3v) is 4.99. The summed E-state index contributed by atoms with van der Waals surface area (Å²) in [4.78, 5) is 23.4. The topological polar surface area (TPSA) is 69.6 Å². The molecule has 1 aromatic carbocycles. The van der Waals surface area contributed by atoms with E-state index < -0.39 is 0 Å². The summed E-state index contributed by atoms with van der Waals surface area (Å²) < 4.78 is 0. The fraction of sp³-hybridized carbons (Fsp3) is 0.389. The maximum absolute atomic E-state index is 11.8. The number of aryl methyl sites for hydroxylation is 1. The highest BCUT2D eigenvalue weighted by molar-refractivity contribution is 7.11. The van der Waals surface area contributed by atoms with E-state index in [0.29, 0.717) is 19.5 Å². The predicted octanol–water partition coefficient (Wildman–Crippen LogP) is 2.44. The highest BCUT2D eigenvalue weighted by atomic mass is 32.1. The Morgan fingerprint density at radius 3 is 2.64 bits per heavy atom. The molecule has 2 heterocycles. The van der Waals surface area contributed by atoms with Gasteiger partial charge in [-0.05, 0) is 31.0 Å². The fourth-order valence-electron chi connectivity index (χ4n) is 2.76. The van der Waals surface area contributed by atoms with Gasteiger partial charge in [0.1, 0.15) is 5.01 Å². The van der Waals surface area contributed by atoms with Gasteiger partial charge in [0.25, 0.3) is 0 Å². The minimum atomic E-state index is 0.216. The molecule has 0 aliphatic carbocycles. The summed E-state index contributed by atoms with van der Waals surface area (Å²) in [5, 5.41) is 7.60. The summed E-state index contributed by atoms with van der Waals surface area (Å²) in [6.07, 6.45) is 3.48. The Hall–Kier alpha value is -2.41. The first-order chi connectivity index (χ1) is 12.2. The Balaban J connectivity index is 1.50. The van der Waals surface area contributed by atoms with Crippen molar-refractivity contribution >= 4 is 28.9 Å². The maximum atomic E-state index is 11.8. The first-order valence-corrected chi connectivity index (χ1v) is 9.22. The van der Waals surface area contributed by atoms with E-state index in [1.807, 2.05) is 42.3 Å². The van der Waals surface area contributed by atoms with Crippen LogP contribution in [0.15, 0.2) is 35.5 Å². The Kier molecular flexibility index (Phi) is 5.65. The smallest absolute Gasteiger partial charge is 0.227 e. The lowest BCUT2D eigenvalue weighted by Crippen LogP contribution is -2.36. The van der Waals surface area contributed by atoms with Gasteiger partial charge in [-0.2, -0.15) is 0 Å². The van der Waals surface area contributed by atoms with Gasteiger partial charge < -0.3 is 15.5 Å². The highest BCUT2D eigenvalue weighted by Gasteiger charge is 2.21. The van der Waals surface area contributed by atoms with E-state index in [9.17, 15) is 4.79 Å². The molecule has 0 radical (unpaired) electrons. The number of rotatable bonds is 5. The lowest BCUT2D eigenvalue weighted by Gasteiger charge is -2.16. The van der Waals surface area contributed by atoms with Crippen molar-refractivity contribution in [2.45, 2.75) is 32.9 Å². The lowest BCUT2D eigenvalue weighted by atomic mass is 10.2. The van der Waals surface area contributed by atoms with Crippen LogP contribution in [0.3, 0.4) is 0 Å². The largest absolute Gasteiger partial charge is 0.352 e. The standard InChI is InChI=1S/C18H23N5OS/c1-13-10-20-16(25-13)12-22-18(19-2)21-11-14-5-7-15(8-6-14)23-9-3-4-17(23)24/h5-8,10H,3-4,9,11-12H2,1-2H3,(H2,19,21,22). The number of hydrogen-bond acceptors (Lipinski definition) is 4. The minimum Gasteiger partial charge on any atom is -0.352 e. The Morgan fingerprint density at radius 1 is 1.28 bits per heavy atom. The van der Waals surface area contributed by atoms with Crippen molar-refractivity contribution in [3.63, 3.8) is 0 Å². The number of carbonyl (C=O) groups is 1.